The number of hydrogen-bond acceptors (Lipinski definition) is 7. The van der Waals surface area contributed by atoms with E-state index in [2.05, 4.69) is 12.2 Å². The first kappa shape index (κ1) is 21.4. The summed E-state index contributed by atoms with van der Waals surface area (Å²) in [4.78, 5) is 63.1. The van der Waals surface area contributed by atoms with E-state index in [9.17, 15) is 29.3 Å². The summed E-state index contributed by atoms with van der Waals surface area (Å²) in [7, 11) is 0. The van der Waals surface area contributed by atoms with E-state index in [1.54, 1.807) is 12.1 Å². The number of esters is 1. The molecule has 9 heteroatoms. The summed E-state index contributed by atoms with van der Waals surface area (Å²) in [6.45, 7) is -0.603. The monoisotopic (exact) mass is 472 g/mol. The number of ketones is 1. The Balaban J connectivity index is 1.17. The minimum Gasteiger partial charge on any atom is -0.454 e. The van der Waals surface area contributed by atoms with Crippen LogP contribution in [-0.4, -0.2) is 35.1 Å². The van der Waals surface area contributed by atoms with Crippen LogP contribution < -0.4 is 4.90 Å². The molecule has 4 aliphatic carbocycles. The van der Waals surface area contributed by atoms with E-state index >= 15 is 0 Å². The zero-order valence-electron chi connectivity index (χ0n) is 18.4. The van der Waals surface area contributed by atoms with Crippen LogP contribution in [0.5, 0.6) is 0 Å². The van der Waals surface area contributed by atoms with Crippen molar-refractivity contribution in [2.24, 2.45) is 35.5 Å². The molecule has 6 unspecified atom stereocenters. The normalized spacial score (nSPS) is 29.5. The van der Waals surface area contributed by atoms with Crippen molar-refractivity contribution in [2.45, 2.75) is 6.42 Å². The number of rotatable bonds is 6. The molecule has 6 atom stereocenters. The highest BCUT2D eigenvalue weighted by atomic mass is 16.6. The Kier molecular flexibility index (Phi) is 4.70. The molecule has 35 heavy (non-hydrogen) atoms. The minimum atomic E-state index is -0.801. The van der Waals surface area contributed by atoms with Crippen molar-refractivity contribution in [3.8, 4) is 0 Å². The molecule has 2 aromatic carbocycles. The first-order valence-corrected chi connectivity index (χ1v) is 11.5. The number of allylic oxidation sites excluding steroid dienone is 2. The van der Waals surface area contributed by atoms with Crippen molar-refractivity contribution < 1.29 is 28.8 Å². The van der Waals surface area contributed by atoms with Crippen LogP contribution in [0.15, 0.2) is 60.7 Å². The number of non-ortho nitro benzene ring substituents is 1. The van der Waals surface area contributed by atoms with Gasteiger partial charge in [0.15, 0.2) is 6.61 Å². The van der Waals surface area contributed by atoms with Crippen molar-refractivity contribution in [1.82, 2.24) is 0 Å². The maximum Gasteiger partial charge on any atom is 0.338 e. The fourth-order valence-corrected chi connectivity index (χ4v) is 6.07. The highest BCUT2D eigenvalue weighted by Gasteiger charge is 2.67. The standard InChI is InChI=1S/C26H20N2O7/c29-21(13-3-1-6-16(9-13)28(33)34)12-35-26(32)14-4-2-5-15(10-14)27-24(30)22-17-7-8-18(20-11-19(17)20)23(22)25(27)31/h1-10,17-20,22-23H,11-12H2. The average molecular weight is 472 g/mol. The number of nitro groups is 1. The molecule has 1 heterocycles. The number of ether oxygens (including phenoxy) is 1. The lowest BCUT2D eigenvalue weighted by atomic mass is 9.63. The summed E-state index contributed by atoms with van der Waals surface area (Å²) < 4.78 is 5.12. The molecule has 0 aromatic heterocycles. The number of anilines is 1. The Morgan fingerprint density at radius 2 is 1.57 bits per heavy atom. The quantitative estimate of drug-likeness (QED) is 0.158. The van der Waals surface area contributed by atoms with Crippen LogP contribution in [0.1, 0.15) is 27.1 Å². The maximum absolute atomic E-state index is 13.3. The predicted molar refractivity (Wildman–Crippen MR) is 121 cm³/mol. The molecule has 2 bridgehead atoms. The van der Waals surface area contributed by atoms with Gasteiger partial charge in [-0.05, 0) is 48.3 Å². The first-order chi connectivity index (χ1) is 16.8. The fourth-order valence-electron chi connectivity index (χ4n) is 6.07. The molecule has 2 saturated carbocycles. The van der Waals surface area contributed by atoms with Gasteiger partial charge >= 0.3 is 5.97 Å². The summed E-state index contributed by atoms with van der Waals surface area (Å²) in [5.74, 6) is -1.34. The van der Waals surface area contributed by atoms with Crippen LogP contribution in [0, 0.1) is 45.6 Å². The summed E-state index contributed by atoms with van der Waals surface area (Å²) in [6, 6.07) is 11.2. The third-order valence-electron chi connectivity index (χ3n) is 7.72. The highest BCUT2D eigenvalue weighted by molar-refractivity contribution is 6.23. The smallest absolute Gasteiger partial charge is 0.338 e. The largest absolute Gasteiger partial charge is 0.454 e. The lowest BCUT2D eigenvalue weighted by Crippen LogP contribution is -2.40. The number of carbonyl (C=O) groups excluding carboxylic acids is 4. The Labute approximate surface area is 199 Å². The van der Waals surface area contributed by atoms with Gasteiger partial charge < -0.3 is 4.74 Å². The van der Waals surface area contributed by atoms with Gasteiger partial charge in [-0.1, -0.05) is 30.4 Å². The molecule has 7 rings (SSSR count). The third-order valence-corrected chi connectivity index (χ3v) is 7.72. The number of Topliss-reactive ketones (excluding diaryl/α,β-unsaturated/α-hetero) is 1. The Hall–Kier alpha value is -4.14. The van der Waals surface area contributed by atoms with Crippen molar-refractivity contribution in [1.29, 1.82) is 0 Å². The van der Waals surface area contributed by atoms with Crippen molar-refractivity contribution in [3.63, 3.8) is 0 Å². The zero-order valence-corrected chi connectivity index (χ0v) is 18.4. The van der Waals surface area contributed by atoms with Crippen LogP contribution in [0.25, 0.3) is 0 Å². The summed E-state index contributed by atoms with van der Waals surface area (Å²) in [5, 5.41) is 10.9. The van der Waals surface area contributed by atoms with Gasteiger partial charge in [-0.15, -0.1) is 0 Å². The topological polar surface area (TPSA) is 124 Å². The van der Waals surface area contributed by atoms with Gasteiger partial charge in [-0.2, -0.15) is 0 Å². The third kappa shape index (κ3) is 3.30. The lowest BCUT2D eigenvalue weighted by molar-refractivity contribution is -0.384. The maximum atomic E-state index is 13.3. The summed E-state index contributed by atoms with van der Waals surface area (Å²) in [5.41, 5.74) is 0.213. The second-order valence-corrected chi connectivity index (χ2v) is 9.52. The van der Waals surface area contributed by atoms with E-state index in [0.29, 0.717) is 17.5 Å². The molecule has 0 spiro atoms. The molecule has 2 aromatic rings. The SMILES string of the molecule is O=C(COC(=O)c1cccc(N2C(=O)C3C4C=CC(C5CC45)C3C2=O)c1)c1cccc([N+](=O)[O-])c1. The van der Waals surface area contributed by atoms with E-state index in [0.717, 1.165) is 12.5 Å². The van der Waals surface area contributed by atoms with Crippen LogP contribution >= 0.6 is 0 Å². The molecule has 3 fully saturated rings. The van der Waals surface area contributed by atoms with Gasteiger partial charge in [0, 0.05) is 17.7 Å². The van der Waals surface area contributed by atoms with Gasteiger partial charge in [0.1, 0.15) is 0 Å². The number of imide groups is 1. The summed E-state index contributed by atoms with van der Waals surface area (Å²) >= 11 is 0. The molecule has 2 amide bonds. The van der Waals surface area contributed by atoms with Crippen molar-refractivity contribution in [3.05, 3.63) is 81.9 Å². The summed E-state index contributed by atoms with van der Waals surface area (Å²) in [6.07, 6.45) is 5.27. The molecular formula is C26H20N2O7. The van der Waals surface area contributed by atoms with Crippen LogP contribution in [-0.2, 0) is 14.3 Å². The van der Waals surface area contributed by atoms with Crippen molar-refractivity contribution in [2.75, 3.05) is 11.5 Å². The second kappa shape index (κ2) is 7.69. The molecule has 176 valence electrons. The molecule has 0 N–H and O–H groups in total. The number of benzene rings is 2. The van der Waals surface area contributed by atoms with Gasteiger partial charge in [0.2, 0.25) is 17.6 Å². The molecule has 0 radical (unpaired) electrons. The highest BCUT2D eigenvalue weighted by Crippen LogP contribution is 2.65. The van der Waals surface area contributed by atoms with E-state index in [1.165, 1.54) is 35.2 Å². The Bertz CT molecular complexity index is 1310. The number of nitro benzene ring substituents is 1. The number of carbonyl (C=O) groups is 4. The number of nitrogens with zero attached hydrogens (tertiary/aromatic N) is 2. The Morgan fingerprint density at radius 1 is 0.943 bits per heavy atom. The van der Waals surface area contributed by atoms with Crippen LogP contribution in [0.2, 0.25) is 0 Å². The second-order valence-electron chi connectivity index (χ2n) is 9.52. The molecule has 1 saturated heterocycles. The molecule has 9 nitrogen and oxygen atoms in total. The van der Waals surface area contributed by atoms with Crippen LogP contribution in [0.3, 0.4) is 0 Å². The van der Waals surface area contributed by atoms with Gasteiger partial charge in [0.05, 0.1) is 28.0 Å². The minimum absolute atomic E-state index is 0.0536. The van der Waals surface area contributed by atoms with E-state index < -0.39 is 23.3 Å². The zero-order chi connectivity index (χ0) is 24.4. The van der Waals surface area contributed by atoms with E-state index in [-0.39, 0.29) is 52.3 Å². The Morgan fingerprint density at radius 3 is 2.23 bits per heavy atom. The number of hydrogen-bond donors (Lipinski definition) is 0. The van der Waals surface area contributed by atoms with E-state index in [1.807, 2.05) is 0 Å². The number of amides is 2. The first-order valence-electron chi connectivity index (χ1n) is 11.5. The van der Waals surface area contributed by atoms with Gasteiger partial charge in [-0.25, -0.2) is 9.69 Å². The molecular weight excluding hydrogens is 452 g/mol. The van der Waals surface area contributed by atoms with Crippen molar-refractivity contribution >= 4 is 34.9 Å². The predicted octanol–water partition coefficient (Wildman–Crippen LogP) is 3.19. The molecule has 5 aliphatic rings. The fraction of sp³-hybridized carbons (Fsp3) is 0.308. The lowest BCUT2D eigenvalue weighted by Gasteiger charge is -2.37. The van der Waals surface area contributed by atoms with Crippen LogP contribution in [0.4, 0.5) is 11.4 Å². The van der Waals surface area contributed by atoms with E-state index in [4.69, 9.17) is 4.74 Å². The average Bonchev–Trinajstić information content (AvgIpc) is 3.65. The van der Waals surface area contributed by atoms with Gasteiger partial charge in [-0.3, -0.25) is 24.5 Å². The van der Waals surface area contributed by atoms with Gasteiger partial charge in [0.25, 0.3) is 5.69 Å². The molecule has 1 aliphatic heterocycles.